The molecule has 1 aromatic heterocycles. The summed E-state index contributed by atoms with van der Waals surface area (Å²) < 4.78 is 0. The highest BCUT2D eigenvalue weighted by atomic mass is 35.5. The Labute approximate surface area is 93.2 Å². The summed E-state index contributed by atoms with van der Waals surface area (Å²) >= 11 is 5.55. The Bertz CT molecular complexity index is 501. The molecule has 0 aliphatic heterocycles. The average Bonchev–Trinajstić information content (AvgIpc) is 2.58. The first kappa shape index (κ1) is 10.2. The lowest BCUT2D eigenvalue weighted by Gasteiger charge is -1.97. The largest absolute Gasteiger partial charge is 0.351 e. The third kappa shape index (κ3) is 1.77. The van der Waals surface area contributed by atoms with Crippen LogP contribution in [0, 0.1) is 0 Å². The molecule has 0 aliphatic carbocycles. The molecule has 0 radical (unpaired) electrons. The Balaban J connectivity index is 2.68. The highest BCUT2D eigenvalue weighted by Crippen LogP contribution is 2.24. The Morgan fingerprint density at radius 3 is 2.80 bits per heavy atom. The van der Waals surface area contributed by atoms with Crippen molar-refractivity contribution >= 4 is 27.7 Å². The van der Waals surface area contributed by atoms with Crippen LogP contribution >= 0.6 is 11.6 Å². The number of carbonyl (C=O) groups excluding carboxylic acids is 1. The van der Waals surface area contributed by atoms with Gasteiger partial charge in [-0.3, -0.25) is 4.79 Å². The van der Waals surface area contributed by atoms with Crippen LogP contribution in [0.4, 0.5) is 0 Å². The highest BCUT2D eigenvalue weighted by molar-refractivity contribution is 6.67. The first-order valence-corrected chi connectivity index (χ1v) is 5.41. The number of nitrogens with one attached hydrogen (secondary N) is 1. The zero-order valence-corrected chi connectivity index (χ0v) is 9.27. The molecule has 0 spiro atoms. The molecule has 2 aromatic rings. The molecule has 0 amide bonds. The zero-order chi connectivity index (χ0) is 10.8. The quantitative estimate of drug-likeness (QED) is 0.791. The van der Waals surface area contributed by atoms with Crippen LogP contribution in [-0.2, 0) is 6.42 Å². The first-order valence-electron chi connectivity index (χ1n) is 5.03. The van der Waals surface area contributed by atoms with Crippen molar-refractivity contribution in [1.29, 1.82) is 0 Å². The number of hydrogen-bond acceptors (Lipinski definition) is 1. The average molecular weight is 222 g/mol. The van der Waals surface area contributed by atoms with E-state index in [2.05, 4.69) is 11.9 Å². The van der Waals surface area contributed by atoms with Gasteiger partial charge in [-0.2, -0.15) is 0 Å². The second-order valence-electron chi connectivity index (χ2n) is 3.55. The fourth-order valence-corrected chi connectivity index (χ4v) is 2.04. The number of aryl methyl sites for hydroxylation is 1. The molecular weight excluding hydrogens is 210 g/mol. The summed E-state index contributed by atoms with van der Waals surface area (Å²) in [5.74, 6) is 0. The standard InChI is InChI=1S/C12H12ClNO/c1-2-5-9-8-6-3-4-7-10(8)14-11(9)12(13)15/h3-4,6-7,14H,2,5H2,1H3. The molecular formula is C12H12ClNO. The molecule has 2 rings (SSSR count). The van der Waals surface area contributed by atoms with Crippen LogP contribution in [-0.4, -0.2) is 10.2 Å². The van der Waals surface area contributed by atoms with Crippen LogP contribution in [0.15, 0.2) is 24.3 Å². The maximum Gasteiger partial charge on any atom is 0.268 e. The van der Waals surface area contributed by atoms with Crippen molar-refractivity contribution in [2.45, 2.75) is 19.8 Å². The van der Waals surface area contributed by atoms with Crippen molar-refractivity contribution in [3.63, 3.8) is 0 Å². The van der Waals surface area contributed by atoms with Crippen LogP contribution in [0.3, 0.4) is 0 Å². The van der Waals surface area contributed by atoms with E-state index in [0.717, 1.165) is 29.3 Å². The van der Waals surface area contributed by atoms with Crippen LogP contribution in [0.5, 0.6) is 0 Å². The summed E-state index contributed by atoms with van der Waals surface area (Å²) in [6, 6.07) is 7.88. The van der Waals surface area contributed by atoms with E-state index >= 15 is 0 Å². The molecule has 2 nitrogen and oxygen atoms in total. The fourth-order valence-electron chi connectivity index (χ4n) is 1.88. The molecule has 3 heteroatoms. The van der Waals surface area contributed by atoms with E-state index in [0.29, 0.717) is 5.69 Å². The SMILES string of the molecule is CCCc1c(C(=O)Cl)[nH]c2ccccc12. The number of halogens is 1. The second kappa shape index (κ2) is 4.07. The van der Waals surface area contributed by atoms with Crippen LogP contribution in [0.2, 0.25) is 0 Å². The van der Waals surface area contributed by atoms with Gasteiger partial charge in [0, 0.05) is 10.9 Å². The molecule has 0 atom stereocenters. The minimum Gasteiger partial charge on any atom is -0.351 e. The number of H-pyrrole nitrogens is 1. The van der Waals surface area contributed by atoms with Gasteiger partial charge in [0.25, 0.3) is 5.24 Å². The molecule has 1 N–H and O–H groups in total. The summed E-state index contributed by atoms with van der Waals surface area (Å²) in [4.78, 5) is 14.3. The topological polar surface area (TPSA) is 32.9 Å². The second-order valence-corrected chi connectivity index (χ2v) is 3.89. The van der Waals surface area contributed by atoms with Crippen molar-refractivity contribution in [2.24, 2.45) is 0 Å². The number of para-hydroxylation sites is 1. The van der Waals surface area contributed by atoms with E-state index < -0.39 is 5.24 Å². The molecule has 0 aliphatic rings. The number of fused-ring (bicyclic) bond motifs is 1. The Morgan fingerprint density at radius 2 is 2.13 bits per heavy atom. The normalized spacial score (nSPS) is 10.8. The van der Waals surface area contributed by atoms with Gasteiger partial charge in [-0.1, -0.05) is 31.5 Å². The van der Waals surface area contributed by atoms with E-state index in [1.807, 2.05) is 24.3 Å². The first-order chi connectivity index (χ1) is 7.24. The van der Waals surface area contributed by atoms with Crippen LogP contribution in [0.25, 0.3) is 10.9 Å². The van der Waals surface area contributed by atoms with E-state index in [9.17, 15) is 4.79 Å². The summed E-state index contributed by atoms with van der Waals surface area (Å²) in [6.07, 6.45) is 1.87. The number of aromatic nitrogens is 1. The third-order valence-corrected chi connectivity index (χ3v) is 2.70. The number of aromatic amines is 1. The van der Waals surface area contributed by atoms with Crippen LogP contribution in [0.1, 0.15) is 29.4 Å². The van der Waals surface area contributed by atoms with Gasteiger partial charge in [-0.15, -0.1) is 0 Å². The number of benzene rings is 1. The molecule has 15 heavy (non-hydrogen) atoms. The van der Waals surface area contributed by atoms with Gasteiger partial charge in [0.05, 0.1) is 0 Å². The van der Waals surface area contributed by atoms with Gasteiger partial charge in [0.15, 0.2) is 0 Å². The van der Waals surface area contributed by atoms with E-state index in [1.165, 1.54) is 0 Å². The maximum atomic E-state index is 11.2. The monoisotopic (exact) mass is 221 g/mol. The van der Waals surface area contributed by atoms with Crippen molar-refractivity contribution in [3.05, 3.63) is 35.5 Å². The van der Waals surface area contributed by atoms with Crippen molar-refractivity contribution in [1.82, 2.24) is 4.98 Å². The number of carbonyl (C=O) groups is 1. The minimum atomic E-state index is -0.408. The molecule has 1 heterocycles. The van der Waals surface area contributed by atoms with E-state index in [4.69, 9.17) is 11.6 Å². The smallest absolute Gasteiger partial charge is 0.268 e. The lowest BCUT2D eigenvalue weighted by molar-refractivity contribution is 0.107. The molecule has 0 saturated heterocycles. The number of hydrogen-bond donors (Lipinski definition) is 1. The van der Waals surface area contributed by atoms with Gasteiger partial charge in [0.2, 0.25) is 0 Å². The van der Waals surface area contributed by atoms with Gasteiger partial charge in [-0.25, -0.2) is 0 Å². The van der Waals surface area contributed by atoms with Gasteiger partial charge in [0.1, 0.15) is 5.69 Å². The molecule has 1 aromatic carbocycles. The summed E-state index contributed by atoms with van der Waals surface area (Å²) in [6.45, 7) is 2.09. The zero-order valence-electron chi connectivity index (χ0n) is 8.51. The summed E-state index contributed by atoms with van der Waals surface area (Å²) in [5.41, 5.74) is 2.55. The third-order valence-electron chi connectivity index (χ3n) is 2.51. The predicted octanol–water partition coefficient (Wildman–Crippen LogP) is 3.50. The molecule has 0 saturated carbocycles. The highest BCUT2D eigenvalue weighted by Gasteiger charge is 2.14. The molecule has 78 valence electrons. The lowest BCUT2D eigenvalue weighted by atomic mass is 10.1. The predicted molar refractivity (Wildman–Crippen MR) is 62.5 cm³/mol. The molecule has 0 fully saturated rings. The Hall–Kier alpha value is -1.28. The van der Waals surface area contributed by atoms with E-state index in [1.54, 1.807) is 0 Å². The van der Waals surface area contributed by atoms with Crippen molar-refractivity contribution in [3.8, 4) is 0 Å². The summed E-state index contributed by atoms with van der Waals surface area (Å²) in [5, 5.41) is 0.693. The Kier molecular flexibility index (Phi) is 2.78. The molecule has 0 unspecified atom stereocenters. The summed E-state index contributed by atoms with van der Waals surface area (Å²) in [7, 11) is 0. The van der Waals surface area contributed by atoms with Gasteiger partial charge < -0.3 is 4.98 Å². The maximum absolute atomic E-state index is 11.2. The van der Waals surface area contributed by atoms with E-state index in [-0.39, 0.29) is 0 Å². The van der Waals surface area contributed by atoms with Gasteiger partial charge in [-0.05, 0) is 29.7 Å². The molecule has 0 bridgehead atoms. The fraction of sp³-hybridized carbons (Fsp3) is 0.250. The van der Waals surface area contributed by atoms with Crippen molar-refractivity contribution < 1.29 is 4.79 Å². The lowest BCUT2D eigenvalue weighted by Crippen LogP contribution is -1.95. The minimum absolute atomic E-state index is 0.408. The van der Waals surface area contributed by atoms with Crippen LogP contribution < -0.4 is 0 Å². The van der Waals surface area contributed by atoms with Gasteiger partial charge >= 0.3 is 0 Å². The Morgan fingerprint density at radius 1 is 1.40 bits per heavy atom. The van der Waals surface area contributed by atoms with Crippen molar-refractivity contribution in [2.75, 3.05) is 0 Å². The number of rotatable bonds is 3.